The van der Waals surface area contributed by atoms with Crippen molar-refractivity contribution >= 4 is 11.7 Å². The second-order valence-electron chi connectivity index (χ2n) is 2.11. The molecule has 90 valence electrons. The average molecular weight is 227 g/mol. The molecule has 0 saturated heterocycles. The summed E-state index contributed by atoms with van der Waals surface area (Å²) in [7, 11) is 0. The normalized spacial score (nSPS) is 7.75. The summed E-state index contributed by atoms with van der Waals surface area (Å²) in [5.74, 6) is -1.09. The van der Waals surface area contributed by atoms with E-state index in [2.05, 4.69) is 0 Å². The maximum atomic E-state index is 10.3. The number of carboxylic acids is 1. The highest BCUT2D eigenvalue weighted by molar-refractivity contribution is 5.87. The Morgan fingerprint density at radius 1 is 1.12 bits per heavy atom. The summed E-state index contributed by atoms with van der Waals surface area (Å²) >= 11 is 0. The van der Waals surface area contributed by atoms with Gasteiger partial charge >= 0.3 is 5.97 Å². The van der Waals surface area contributed by atoms with Gasteiger partial charge in [-0.25, -0.2) is 4.79 Å². The minimum atomic E-state index is -1.09. The van der Waals surface area contributed by atoms with Crippen LogP contribution in [0.25, 0.3) is 0 Å². The van der Waals surface area contributed by atoms with E-state index in [-0.39, 0.29) is 11.3 Å². The van der Waals surface area contributed by atoms with Gasteiger partial charge in [-0.05, 0) is 12.1 Å². The highest BCUT2D eigenvalue weighted by Crippen LogP contribution is 2.11. The molecule has 0 radical (unpaired) electrons. The van der Waals surface area contributed by atoms with Gasteiger partial charge in [0.05, 0.1) is 10.5 Å². The molecule has 5 nitrogen and oxygen atoms in total. The number of nitro groups is 1. The van der Waals surface area contributed by atoms with Gasteiger partial charge < -0.3 is 5.11 Å². The van der Waals surface area contributed by atoms with E-state index in [1.807, 2.05) is 27.7 Å². The summed E-state index contributed by atoms with van der Waals surface area (Å²) in [5.41, 5.74) is -0.0689. The molecule has 5 heteroatoms. The van der Waals surface area contributed by atoms with E-state index < -0.39 is 10.9 Å². The van der Waals surface area contributed by atoms with E-state index in [1.54, 1.807) is 0 Å². The van der Waals surface area contributed by atoms with Crippen LogP contribution in [0.1, 0.15) is 38.1 Å². The molecule has 1 aromatic carbocycles. The lowest BCUT2D eigenvalue weighted by Crippen LogP contribution is -1.96. The Labute approximate surface area is 94.9 Å². The second kappa shape index (κ2) is 9.64. The molecule has 0 unspecified atom stereocenters. The molecule has 16 heavy (non-hydrogen) atoms. The van der Waals surface area contributed by atoms with Crippen molar-refractivity contribution in [3.63, 3.8) is 0 Å². The summed E-state index contributed by atoms with van der Waals surface area (Å²) in [6.45, 7) is 8.00. The van der Waals surface area contributed by atoms with Crippen molar-refractivity contribution in [1.82, 2.24) is 0 Å². The van der Waals surface area contributed by atoms with Crippen LogP contribution in [-0.2, 0) is 0 Å². The number of hydrogen-bond donors (Lipinski definition) is 1. The fourth-order valence-electron chi connectivity index (χ4n) is 0.726. The Kier molecular flexibility index (Phi) is 9.95. The quantitative estimate of drug-likeness (QED) is 0.620. The van der Waals surface area contributed by atoms with Crippen LogP contribution in [0.4, 0.5) is 5.69 Å². The Morgan fingerprint density at radius 3 is 1.75 bits per heavy atom. The third kappa shape index (κ3) is 5.74. The highest BCUT2D eigenvalue weighted by Gasteiger charge is 2.06. The summed E-state index contributed by atoms with van der Waals surface area (Å²) in [6.07, 6.45) is 0. The molecule has 1 rings (SSSR count). The molecule has 0 heterocycles. The molecule has 0 aliphatic rings. The summed E-state index contributed by atoms with van der Waals surface area (Å²) in [6, 6.07) is 4.70. The van der Waals surface area contributed by atoms with Gasteiger partial charge in [0, 0.05) is 12.1 Å². The van der Waals surface area contributed by atoms with Crippen LogP contribution in [0.2, 0.25) is 0 Å². The molecule has 0 saturated carbocycles. The number of carbonyl (C=O) groups is 1. The Hall–Kier alpha value is -1.91. The number of benzene rings is 1. The minimum Gasteiger partial charge on any atom is -0.478 e. The maximum Gasteiger partial charge on any atom is 0.335 e. The first-order chi connectivity index (χ1) is 7.61. The lowest BCUT2D eigenvalue weighted by molar-refractivity contribution is -0.384. The molecule has 1 aromatic rings. The van der Waals surface area contributed by atoms with E-state index >= 15 is 0 Å². The van der Waals surface area contributed by atoms with E-state index in [4.69, 9.17) is 5.11 Å². The third-order valence-corrected chi connectivity index (χ3v) is 1.33. The fraction of sp³-hybridized carbons (Fsp3) is 0.364. The number of aromatic carboxylic acids is 1. The van der Waals surface area contributed by atoms with Crippen LogP contribution >= 0.6 is 0 Å². The molecule has 0 fully saturated rings. The number of non-ortho nitro benzene ring substituents is 1. The zero-order valence-electron chi connectivity index (χ0n) is 9.93. The summed E-state index contributed by atoms with van der Waals surface area (Å²) < 4.78 is 0. The number of hydrogen-bond acceptors (Lipinski definition) is 3. The van der Waals surface area contributed by atoms with Crippen molar-refractivity contribution in [3.05, 3.63) is 39.9 Å². The lowest BCUT2D eigenvalue weighted by atomic mass is 10.2. The van der Waals surface area contributed by atoms with Gasteiger partial charge in [-0.1, -0.05) is 27.7 Å². The van der Waals surface area contributed by atoms with Crippen molar-refractivity contribution in [2.45, 2.75) is 27.7 Å². The Morgan fingerprint density at radius 2 is 1.50 bits per heavy atom. The van der Waals surface area contributed by atoms with Crippen LogP contribution in [0.5, 0.6) is 0 Å². The smallest absolute Gasteiger partial charge is 0.335 e. The molecule has 0 atom stereocenters. The van der Waals surface area contributed by atoms with Crippen LogP contribution in [0.3, 0.4) is 0 Å². The zero-order chi connectivity index (χ0) is 13.1. The van der Waals surface area contributed by atoms with Crippen LogP contribution < -0.4 is 0 Å². The lowest BCUT2D eigenvalue weighted by Gasteiger charge is -1.92. The first-order valence-corrected chi connectivity index (χ1v) is 5.09. The number of nitrogens with zero attached hydrogens (tertiary/aromatic N) is 1. The largest absolute Gasteiger partial charge is 0.478 e. The van der Waals surface area contributed by atoms with Crippen molar-refractivity contribution in [2.75, 3.05) is 0 Å². The molecule has 1 N–H and O–H groups in total. The van der Waals surface area contributed by atoms with E-state index in [1.165, 1.54) is 12.1 Å². The number of carboxylic acid groups (broad SMARTS) is 1. The molecular weight excluding hydrogens is 210 g/mol. The van der Waals surface area contributed by atoms with Crippen LogP contribution in [0, 0.1) is 10.1 Å². The first kappa shape index (κ1) is 16.5. The molecule has 0 spiro atoms. The van der Waals surface area contributed by atoms with Gasteiger partial charge in [0.1, 0.15) is 0 Å². The zero-order valence-corrected chi connectivity index (χ0v) is 9.93. The van der Waals surface area contributed by atoms with E-state index in [0.29, 0.717) is 0 Å². The molecule has 0 amide bonds. The highest BCUT2D eigenvalue weighted by atomic mass is 16.6. The van der Waals surface area contributed by atoms with E-state index in [0.717, 1.165) is 12.1 Å². The van der Waals surface area contributed by atoms with Gasteiger partial charge in [-0.3, -0.25) is 10.1 Å². The molecule has 0 bridgehead atoms. The van der Waals surface area contributed by atoms with E-state index in [9.17, 15) is 14.9 Å². The molecule has 0 aromatic heterocycles. The van der Waals surface area contributed by atoms with Crippen molar-refractivity contribution in [2.24, 2.45) is 0 Å². The first-order valence-electron chi connectivity index (χ1n) is 5.09. The minimum absolute atomic E-state index is 0.0422. The van der Waals surface area contributed by atoms with Gasteiger partial charge in [0.15, 0.2) is 0 Å². The summed E-state index contributed by atoms with van der Waals surface area (Å²) in [5, 5.41) is 18.6. The molecule has 0 aliphatic heterocycles. The summed E-state index contributed by atoms with van der Waals surface area (Å²) in [4.78, 5) is 19.9. The maximum absolute atomic E-state index is 10.3. The molecular formula is C11H17NO4. The fourth-order valence-corrected chi connectivity index (χ4v) is 0.726. The van der Waals surface area contributed by atoms with Crippen molar-refractivity contribution in [1.29, 1.82) is 0 Å². The van der Waals surface area contributed by atoms with Gasteiger partial charge in [0.25, 0.3) is 5.69 Å². The average Bonchev–Trinajstić information content (AvgIpc) is 2.34. The van der Waals surface area contributed by atoms with Gasteiger partial charge in [-0.2, -0.15) is 0 Å². The number of nitro benzene ring substituents is 1. The van der Waals surface area contributed by atoms with Crippen molar-refractivity contribution in [3.8, 4) is 0 Å². The van der Waals surface area contributed by atoms with Crippen molar-refractivity contribution < 1.29 is 14.8 Å². The SMILES string of the molecule is CC.CC.O=C(O)c1ccc([N+](=O)[O-])cc1. The standard InChI is InChI=1S/C7H5NO4.2C2H6/c9-7(10)5-1-3-6(4-2-5)8(11)12;2*1-2/h1-4H,(H,9,10);2*1-2H3. The Balaban J connectivity index is 0. The topological polar surface area (TPSA) is 80.4 Å². The predicted octanol–water partition coefficient (Wildman–Crippen LogP) is 3.35. The van der Waals surface area contributed by atoms with Crippen LogP contribution in [0.15, 0.2) is 24.3 Å². The Bertz CT molecular complexity index is 286. The van der Waals surface area contributed by atoms with Gasteiger partial charge in [0.2, 0.25) is 0 Å². The van der Waals surface area contributed by atoms with Crippen LogP contribution in [-0.4, -0.2) is 16.0 Å². The third-order valence-electron chi connectivity index (χ3n) is 1.33. The predicted molar refractivity (Wildman–Crippen MR) is 62.8 cm³/mol. The molecule has 0 aliphatic carbocycles. The van der Waals surface area contributed by atoms with Gasteiger partial charge in [-0.15, -0.1) is 0 Å². The number of rotatable bonds is 2. The second-order valence-corrected chi connectivity index (χ2v) is 2.11. The monoisotopic (exact) mass is 227 g/mol.